The Kier molecular flexibility index (Phi) is 6.56. The SMILES string of the molecule is O=c1c2ccccc2oc2cc3c(cc12)-c1cc(-n2c4ccccc4c4ccccc42)ccc1-c1ccc(-n2c4ccccc4c4ccccc42)cc1-c1ccccc1-3. The average molecular weight is 753 g/mol. The number of fused-ring (bicyclic) bond motifs is 16. The van der Waals surface area contributed by atoms with Crippen LogP contribution in [0.2, 0.25) is 0 Å². The minimum Gasteiger partial charge on any atom is -0.456 e. The zero-order valence-electron chi connectivity index (χ0n) is 31.7. The van der Waals surface area contributed by atoms with Crippen LogP contribution < -0.4 is 5.43 Å². The van der Waals surface area contributed by atoms with Crippen LogP contribution in [0.5, 0.6) is 0 Å². The number of aromatic nitrogens is 2. The van der Waals surface area contributed by atoms with Gasteiger partial charge in [0, 0.05) is 32.9 Å². The molecular formula is C55H32N2O2. The van der Waals surface area contributed by atoms with E-state index in [1.165, 1.54) is 32.6 Å². The van der Waals surface area contributed by atoms with Gasteiger partial charge in [0.25, 0.3) is 0 Å². The molecule has 0 amide bonds. The third kappa shape index (κ3) is 4.51. The third-order valence-electron chi connectivity index (χ3n) is 12.5. The molecule has 274 valence electrons. The lowest BCUT2D eigenvalue weighted by atomic mass is 9.80. The van der Waals surface area contributed by atoms with Crippen molar-refractivity contribution in [2.75, 3.05) is 0 Å². The van der Waals surface area contributed by atoms with Gasteiger partial charge in [-0.2, -0.15) is 0 Å². The molecule has 12 aromatic rings. The Labute approximate surface area is 338 Å². The lowest BCUT2D eigenvalue weighted by Gasteiger charge is -2.25. The summed E-state index contributed by atoms with van der Waals surface area (Å²) in [6.07, 6.45) is 0. The van der Waals surface area contributed by atoms with Crippen LogP contribution in [0.4, 0.5) is 0 Å². The van der Waals surface area contributed by atoms with Crippen molar-refractivity contribution in [2.24, 2.45) is 0 Å². The Morgan fingerprint density at radius 3 is 1.17 bits per heavy atom. The van der Waals surface area contributed by atoms with Crippen molar-refractivity contribution in [3.63, 3.8) is 0 Å². The minimum atomic E-state index is -0.0312. The Morgan fingerprint density at radius 2 is 0.661 bits per heavy atom. The van der Waals surface area contributed by atoms with Crippen molar-refractivity contribution in [3.05, 3.63) is 204 Å². The molecule has 0 saturated carbocycles. The molecule has 13 rings (SSSR count). The van der Waals surface area contributed by atoms with E-state index < -0.39 is 0 Å². The van der Waals surface area contributed by atoms with E-state index in [2.05, 4.69) is 179 Å². The fourth-order valence-electron chi connectivity index (χ4n) is 9.91. The third-order valence-corrected chi connectivity index (χ3v) is 12.5. The van der Waals surface area contributed by atoms with Gasteiger partial charge in [-0.05, 0) is 117 Å². The molecule has 4 heteroatoms. The maximum absolute atomic E-state index is 14.3. The molecule has 0 spiro atoms. The summed E-state index contributed by atoms with van der Waals surface area (Å²) in [7, 11) is 0. The van der Waals surface area contributed by atoms with Gasteiger partial charge in [-0.25, -0.2) is 0 Å². The molecular weight excluding hydrogens is 721 g/mol. The highest BCUT2D eigenvalue weighted by Crippen LogP contribution is 2.50. The summed E-state index contributed by atoms with van der Waals surface area (Å²) in [4.78, 5) is 14.3. The van der Waals surface area contributed by atoms with E-state index in [-0.39, 0.29) is 5.43 Å². The van der Waals surface area contributed by atoms with E-state index >= 15 is 0 Å². The highest BCUT2D eigenvalue weighted by atomic mass is 16.3. The molecule has 0 unspecified atom stereocenters. The van der Waals surface area contributed by atoms with Gasteiger partial charge in [-0.15, -0.1) is 0 Å². The molecule has 0 saturated heterocycles. The smallest absolute Gasteiger partial charge is 0.200 e. The van der Waals surface area contributed by atoms with Gasteiger partial charge in [0.1, 0.15) is 11.2 Å². The van der Waals surface area contributed by atoms with E-state index in [1.807, 2.05) is 24.3 Å². The predicted octanol–water partition coefficient (Wildman–Crippen LogP) is 14.1. The van der Waals surface area contributed by atoms with Crippen LogP contribution in [0.15, 0.2) is 203 Å². The first kappa shape index (κ1) is 32.2. The van der Waals surface area contributed by atoms with Crippen LogP contribution in [0.3, 0.4) is 0 Å². The maximum Gasteiger partial charge on any atom is 0.200 e. The Balaban J connectivity index is 1.16. The summed E-state index contributed by atoms with van der Waals surface area (Å²) in [5, 5.41) is 6.02. The lowest BCUT2D eigenvalue weighted by Crippen LogP contribution is -2.05. The van der Waals surface area contributed by atoms with Crippen LogP contribution in [-0.4, -0.2) is 9.13 Å². The highest BCUT2D eigenvalue weighted by molar-refractivity contribution is 6.12. The van der Waals surface area contributed by atoms with E-state index in [1.54, 1.807) is 0 Å². The van der Waals surface area contributed by atoms with Gasteiger partial charge < -0.3 is 13.6 Å². The Morgan fingerprint density at radius 1 is 0.288 bits per heavy atom. The van der Waals surface area contributed by atoms with E-state index in [9.17, 15) is 4.79 Å². The van der Waals surface area contributed by atoms with E-state index in [0.29, 0.717) is 21.9 Å². The molecule has 3 heterocycles. The number of nitrogens with zero attached hydrogens (tertiary/aromatic N) is 2. The zero-order valence-corrected chi connectivity index (χ0v) is 31.7. The summed E-state index contributed by atoms with van der Waals surface area (Å²) in [5.74, 6) is 0. The number of benzene rings is 9. The van der Waals surface area contributed by atoms with Crippen LogP contribution in [0.1, 0.15) is 0 Å². The van der Waals surface area contributed by atoms with Crippen molar-refractivity contribution in [2.45, 2.75) is 0 Å². The summed E-state index contributed by atoms with van der Waals surface area (Å²) in [5.41, 5.74) is 16.5. The first-order valence-corrected chi connectivity index (χ1v) is 20.0. The normalized spacial score (nSPS) is 12.1. The molecule has 9 aromatic carbocycles. The fraction of sp³-hybridized carbons (Fsp3) is 0. The van der Waals surface area contributed by atoms with Crippen LogP contribution in [0, 0.1) is 0 Å². The van der Waals surface area contributed by atoms with Crippen molar-refractivity contribution in [1.82, 2.24) is 9.13 Å². The second-order valence-electron chi connectivity index (χ2n) is 15.6. The summed E-state index contributed by atoms with van der Waals surface area (Å²) < 4.78 is 11.3. The van der Waals surface area contributed by atoms with Crippen molar-refractivity contribution < 1.29 is 4.42 Å². The van der Waals surface area contributed by atoms with Gasteiger partial charge in [0.05, 0.1) is 32.8 Å². The van der Waals surface area contributed by atoms with Gasteiger partial charge in [0.2, 0.25) is 5.43 Å². The largest absolute Gasteiger partial charge is 0.456 e. The molecule has 1 aliphatic carbocycles. The highest BCUT2D eigenvalue weighted by Gasteiger charge is 2.26. The fourth-order valence-corrected chi connectivity index (χ4v) is 9.91. The van der Waals surface area contributed by atoms with Gasteiger partial charge in [0.15, 0.2) is 0 Å². The molecule has 3 aromatic heterocycles. The molecule has 59 heavy (non-hydrogen) atoms. The molecule has 0 radical (unpaired) electrons. The van der Waals surface area contributed by atoms with Crippen molar-refractivity contribution in [3.8, 4) is 55.9 Å². The first-order valence-electron chi connectivity index (χ1n) is 20.0. The monoisotopic (exact) mass is 752 g/mol. The average Bonchev–Trinajstić information content (AvgIpc) is 3.81. The second kappa shape index (κ2) is 12.0. The molecule has 0 aliphatic heterocycles. The van der Waals surface area contributed by atoms with Crippen LogP contribution >= 0.6 is 0 Å². The molecule has 0 atom stereocenters. The van der Waals surface area contributed by atoms with Crippen molar-refractivity contribution in [1.29, 1.82) is 0 Å². The Hall–Kier alpha value is -7.95. The number of rotatable bonds is 2. The van der Waals surface area contributed by atoms with Crippen LogP contribution in [-0.2, 0) is 0 Å². The predicted molar refractivity (Wildman–Crippen MR) is 244 cm³/mol. The number of para-hydroxylation sites is 5. The lowest BCUT2D eigenvalue weighted by molar-refractivity contribution is 0.660. The van der Waals surface area contributed by atoms with Gasteiger partial charge in [-0.1, -0.05) is 121 Å². The van der Waals surface area contributed by atoms with E-state index in [4.69, 9.17) is 4.42 Å². The van der Waals surface area contributed by atoms with Crippen molar-refractivity contribution >= 4 is 65.6 Å². The first-order chi connectivity index (χ1) is 29.2. The number of hydrogen-bond donors (Lipinski definition) is 0. The Bertz CT molecular complexity index is 3720. The maximum atomic E-state index is 14.3. The van der Waals surface area contributed by atoms with Gasteiger partial charge >= 0.3 is 0 Å². The topological polar surface area (TPSA) is 40.1 Å². The summed E-state index contributed by atoms with van der Waals surface area (Å²) >= 11 is 0. The molecule has 0 N–H and O–H groups in total. The van der Waals surface area contributed by atoms with E-state index in [0.717, 1.165) is 66.9 Å². The number of hydrogen-bond acceptors (Lipinski definition) is 2. The summed E-state index contributed by atoms with van der Waals surface area (Å²) in [6.45, 7) is 0. The molecule has 4 nitrogen and oxygen atoms in total. The molecule has 0 fully saturated rings. The van der Waals surface area contributed by atoms with Gasteiger partial charge in [-0.3, -0.25) is 4.79 Å². The molecule has 0 bridgehead atoms. The second-order valence-corrected chi connectivity index (χ2v) is 15.6. The van der Waals surface area contributed by atoms with Crippen LogP contribution in [0.25, 0.3) is 121 Å². The molecule has 1 aliphatic rings. The standard InChI is InChI=1S/C55H32N2O2/c58-55-43-19-7-12-24-53(43)59-54-32-47-36-14-2-1-13-35(36)44-29-33(56-49-20-8-3-15-39(49)40-16-4-9-21-50(40)56)25-27-37(44)38-28-26-34(30-45(38)46(47)31-48(54)55)57-51-22-10-5-17-41(51)42-18-6-11-23-52(42)57/h1-32H. The zero-order chi connectivity index (χ0) is 38.8. The minimum absolute atomic E-state index is 0.0312. The quantitative estimate of drug-likeness (QED) is 0.165. The summed E-state index contributed by atoms with van der Waals surface area (Å²) in [6, 6.07) is 68.7.